The van der Waals surface area contributed by atoms with Crippen LogP contribution in [0.5, 0.6) is 0 Å². The van der Waals surface area contributed by atoms with E-state index in [0.29, 0.717) is 0 Å². The fraction of sp³-hybridized carbons (Fsp3) is 0.0741. The maximum atomic E-state index is 5.03. The molecule has 0 saturated carbocycles. The van der Waals surface area contributed by atoms with E-state index in [2.05, 4.69) is 97.8 Å². The fourth-order valence-corrected chi connectivity index (χ4v) is 5.90. The largest absolute Gasteiger partial charge is 0.236 e. The van der Waals surface area contributed by atoms with E-state index in [1.165, 1.54) is 32.2 Å². The number of rotatable bonds is 5. The molecule has 146 valence electrons. The summed E-state index contributed by atoms with van der Waals surface area (Å²) in [6.07, 6.45) is 4.07. The van der Waals surface area contributed by atoms with Crippen LogP contribution in [0.1, 0.15) is 21.9 Å². The van der Waals surface area contributed by atoms with Gasteiger partial charge in [0, 0.05) is 5.56 Å². The van der Waals surface area contributed by atoms with E-state index >= 15 is 0 Å². The van der Waals surface area contributed by atoms with Crippen molar-refractivity contribution in [1.82, 2.24) is 4.98 Å². The van der Waals surface area contributed by atoms with Crippen LogP contribution in [-0.2, 0) is 0 Å². The maximum Gasteiger partial charge on any atom is 0.125 e. The second-order valence-electron chi connectivity index (χ2n) is 7.22. The Morgan fingerprint density at radius 2 is 1.67 bits per heavy atom. The first-order valence-corrected chi connectivity index (χ1v) is 12.0. The molecule has 0 N–H and O–H groups in total. The van der Waals surface area contributed by atoms with Crippen LogP contribution in [0.4, 0.5) is 0 Å². The quantitative estimate of drug-likeness (QED) is 0.282. The molecule has 0 radical (unpaired) electrons. The smallest absolute Gasteiger partial charge is 0.125 e. The van der Waals surface area contributed by atoms with E-state index in [-0.39, 0.29) is 5.25 Å². The summed E-state index contributed by atoms with van der Waals surface area (Å²) in [5.41, 5.74) is 6.06. The highest BCUT2D eigenvalue weighted by molar-refractivity contribution is 7.99. The Hall–Kier alpha value is -2.88. The van der Waals surface area contributed by atoms with E-state index < -0.39 is 0 Å². The molecular weight excluding hydrogens is 402 g/mol. The minimum Gasteiger partial charge on any atom is -0.236 e. The Kier molecular flexibility index (Phi) is 5.16. The summed E-state index contributed by atoms with van der Waals surface area (Å²) >= 11 is 3.64. The van der Waals surface area contributed by atoms with Gasteiger partial charge in [-0.3, -0.25) is 0 Å². The lowest BCUT2D eigenvalue weighted by atomic mass is 9.94. The summed E-state index contributed by atoms with van der Waals surface area (Å²) in [6.45, 7) is 3.88. The van der Waals surface area contributed by atoms with E-state index in [1.54, 1.807) is 11.3 Å². The molecule has 0 fully saturated rings. The predicted octanol–water partition coefficient (Wildman–Crippen LogP) is 8.21. The molecule has 30 heavy (non-hydrogen) atoms. The van der Waals surface area contributed by atoms with Crippen LogP contribution in [0, 0.1) is 0 Å². The average Bonchev–Trinajstić information content (AvgIpc) is 3.23. The van der Waals surface area contributed by atoms with Crippen molar-refractivity contribution in [3.63, 3.8) is 0 Å². The molecular formula is C27H21NS2. The van der Waals surface area contributed by atoms with Gasteiger partial charge in [0.2, 0.25) is 0 Å². The lowest BCUT2D eigenvalue weighted by Crippen LogP contribution is -2.00. The lowest BCUT2D eigenvalue weighted by Gasteiger charge is -2.20. The number of aromatic nitrogens is 1. The molecule has 0 amide bonds. The van der Waals surface area contributed by atoms with Crippen molar-refractivity contribution >= 4 is 50.2 Å². The molecule has 0 aliphatic rings. The first-order chi connectivity index (χ1) is 14.8. The van der Waals surface area contributed by atoms with Crippen molar-refractivity contribution in [2.45, 2.75) is 5.25 Å². The van der Waals surface area contributed by atoms with Crippen LogP contribution in [0.15, 0.2) is 91.5 Å². The first kappa shape index (κ1) is 19.1. The Bertz CT molecular complexity index is 1320. The van der Waals surface area contributed by atoms with Crippen molar-refractivity contribution in [2.24, 2.45) is 0 Å². The molecule has 5 rings (SSSR count). The normalized spacial score (nSPS) is 12.3. The van der Waals surface area contributed by atoms with E-state index in [4.69, 9.17) is 4.98 Å². The summed E-state index contributed by atoms with van der Waals surface area (Å²) in [4.78, 5) is 5.03. The maximum absolute atomic E-state index is 5.03. The number of thioether (sulfide) groups is 1. The summed E-state index contributed by atoms with van der Waals surface area (Å²) in [6, 6.07) is 30.3. The molecule has 4 aromatic carbocycles. The molecule has 5 aromatic rings. The van der Waals surface area contributed by atoms with Crippen molar-refractivity contribution in [3.8, 4) is 10.6 Å². The lowest BCUT2D eigenvalue weighted by molar-refractivity contribution is 1.16. The van der Waals surface area contributed by atoms with Gasteiger partial charge in [0.1, 0.15) is 5.01 Å². The molecule has 0 aliphatic heterocycles. The van der Waals surface area contributed by atoms with Gasteiger partial charge >= 0.3 is 0 Å². The van der Waals surface area contributed by atoms with E-state index in [9.17, 15) is 0 Å². The van der Waals surface area contributed by atoms with Gasteiger partial charge in [0.15, 0.2) is 0 Å². The minimum atomic E-state index is 0.232. The molecule has 0 spiro atoms. The third kappa shape index (κ3) is 3.34. The van der Waals surface area contributed by atoms with Crippen LogP contribution in [0.25, 0.3) is 37.6 Å². The molecule has 3 heteroatoms. The van der Waals surface area contributed by atoms with Gasteiger partial charge in [-0.15, -0.1) is 11.3 Å². The van der Waals surface area contributed by atoms with Gasteiger partial charge in [-0.05, 0) is 45.9 Å². The number of thiazole rings is 1. The number of hydrogen-bond donors (Lipinski definition) is 0. The third-order valence-electron chi connectivity index (χ3n) is 5.46. The highest BCUT2D eigenvalue weighted by atomic mass is 32.2. The molecule has 1 unspecified atom stereocenters. The SMILES string of the molecule is C=Cc1ccc(C(SC)c2ccc3ccccc3c2-c2nc3ccccc3s2)cc1. The zero-order valence-corrected chi connectivity index (χ0v) is 18.3. The topological polar surface area (TPSA) is 12.9 Å². The van der Waals surface area contributed by atoms with E-state index in [0.717, 1.165) is 16.1 Å². The fourth-order valence-electron chi connectivity index (χ4n) is 3.97. The molecule has 0 bridgehead atoms. The van der Waals surface area contributed by atoms with Crippen LogP contribution >= 0.6 is 23.1 Å². The Balaban J connectivity index is 1.76. The first-order valence-electron chi connectivity index (χ1n) is 9.91. The van der Waals surface area contributed by atoms with Crippen LogP contribution < -0.4 is 0 Å². The van der Waals surface area contributed by atoms with Gasteiger partial charge in [-0.25, -0.2) is 4.98 Å². The van der Waals surface area contributed by atoms with Gasteiger partial charge in [0.05, 0.1) is 15.5 Å². The zero-order valence-electron chi connectivity index (χ0n) is 16.7. The molecule has 0 aliphatic carbocycles. The zero-order chi connectivity index (χ0) is 20.5. The van der Waals surface area contributed by atoms with Crippen LogP contribution in [0.3, 0.4) is 0 Å². The average molecular weight is 424 g/mol. The monoisotopic (exact) mass is 423 g/mol. The molecule has 1 atom stereocenters. The predicted molar refractivity (Wildman–Crippen MR) is 134 cm³/mol. The molecule has 0 saturated heterocycles. The number of hydrogen-bond acceptors (Lipinski definition) is 3. The van der Waals surface area contributed by atoms with Gasteiger partial charge in [-0.2, -0.15) is 11.8 Å². The van der Waals surface area contributed by atoms with Crippen molar-refractivity contribution in [3.05, 3.63) is 108 Å². The second-order valence-corrected chi connectivity index (χ2v) is 9.20. The Labute approximate surface area is 185 Å². The van der Waals surface area contributed by atoms with Crippen LogP contribution in [-0.4, -0.2) is 11.2 Å². The summed E-state index contributed by atoms with van der Waals surface area (Å²) in [5, 5.41) is 3.83. The van der Waals surface area contributed by atoms with E-state index in [1.807, 2.05) is 17.8 Å². The Morgan fingerprint density at radius 3 is 2.43 bits per heavy atom. The van der Waals surface area contributed by atoms with Crippen molar-refractivity contribution in [1.29, 1.82) is 0 Å². The summed E-state index contributed by atoms with van der Waals surface area (Å²) < 4.78 is 1.22. The number of benzene rings is 4. The third-order valence-corrected chi connectivity index (χ3v) is 7.51. The van der Waals surface area contributed by atoms with Gasteiger partial charge in [0.25, 0.3) is 0 Å². The highest BCUT2D eigenvalue weighted by Crippen LogP contribution is 2.44. The highest BCUT2D eigenvalue weighted by Gasteiger charge is 2.21. The molecule has 1 nitrogen and oxygen atoms in total. The summed E-state index contributed by atoms with van der Waals surface area (Å²) in [5.74, 6) is 0. The number of fused-ring (bicyclic) bond motifs is 2. The number of para-hydroxylation sites is 1. The Morgan fingerprint density at radius 1 is 0.900 bits per heavy atom. The molecule has 1 aromatic heterocycles. The van der Waals surface area contributed by atoms with Crippen LogP contribution in [0.2, 0.25) is 0 Å². The molecule has 1 heterocycles. The second kappa shape index (κ2) is 8.10. The standard InChI is InChI=1S/C27H21NS2/c1-3-18-12-14-20(15-13-18)26(29-2)22-17-16-19-8-4-5-9-21(19)25(22)27-28-23-10-6-7-11-24(23)30-27/h3-17,26H,1H2,2H3. The number of nitrogens with zero attached hydrogens (tertiary/aromatic N) is 1. The van der Waals surface area contributed by atoms with Gasteiger partial charge in [-0.1, -0.05) is 85.5 Å². The minimum absolute atomic E-state index is 0.232. The summed E-state index contributed by atoms with van der Waals surface area (Å²) in [7, 11) is 0. The van der Waals surface area contributed by atoms with Crippen molar-refractivity contribution in [2.75, 3.05) is 6.26 Å². The van der Waals surface area contributed by atoms with Gasteiger partial charge < -0.3 is 0 Å². The van der Waals surface area contributed by atoms with Crippen molar-refractivity contribution < 1.29 is 0 Å².